The number of carboxylic acid groups (broad SMARTS) is 1. The molecule has 1 heterocycles. The van der Waals surface area contributed by atoms with Gasteiger partial charge >= 0.3 is 5.97 Å². The molecular weight excluding hydrogens is 296 g/mol. The minimum Gasteiger partial charge on any atom is -0.479 e. The number of rotatable bonds is 4. The highest BCUT2D eigenvalue weighted by molar-refractivity contribution is 5.73. The molecule has 0 radical (unpaired) electrons. The van der Waals surface area contributed by atoms with Crippen LogP contribution in [0.4, 0.5) is 0 Å². The van der Waals surface area contributed by atoms with E-state index in [9.17, 15) is 20.1 Å². The number of hydrogen-bond donors (Lipinski definition) is 5. The van der Waals surface area contributed by atoms with E-state index in [1.165, 1.54) is 6.07 Å². The van der Waals surface area contributed by atoms with E-state index in [0.29, 0.717) is 16.9 Å². The fraction of sp³-hybridized carbons (Fsp3) is 0.500. The Labute approximate surface area is 126 Å². The maximum Gasteiger partial charge on any atom is 0.335 e. The maximum absolute atomic E-state index is 11.0. The molecule has 5 N–H and O–H groups in total. The van der Waals surface area contributed by atoms with Crippen molar-refractivity contribution in [3.8, 4) is 5.75 Å². The molecule has 0 spiro atoms. The summed E-state index contributed by atoms with van der Waals surface area (Å²) in [5.74, 6) is -1.17. The molecule has 5 atom stereocenters. The predicted octanol–water partition coefficient (Wildman–Crippen LogP) is -1.24. The number of benzene rings is 1. The first-order chi connectivity index (χ1) is 10.3. The summed E-state index contributed by atoms with van der Waals surface area (Å²) < 4.78 is 10.4. The molecule has 1 saturated heterocycles. The van der Waals surface area contributed by atoms with E-state index in [2.05, 4.69) is 0 Å². The monoisotopic (exact) mass is 314 g/mol. The van der Waals surface area contributed by atoms with Crippen LogP contribution in [0, 0.1) is 6.92 Å². The Bertz CT molecular complexity index is 546. The molecule has 0 amide bonds. The fourth-order valence-corrected chi connectivity index (χ4v) is 2.22. The fourth-order valence-electron chi connectivity index (χ4n) is 2.22. The molecule has 8 nitrogen and oxygen atoms in total. The van der Waals surface area contributed by atoms with Gasteiger partial charge in [0.2, 0.25) is 6.29 Å². The van der Waals surface area contributed by atoms with Gasteiger partial charge in [-0.05, 0) is 24.1 Å². The van der Waals surface area contributed by atoms with Crippen molar-refractivity contribution in [1.29, 1.82) is 0 Å². The number of aliphatic hydroxyl groups excluding tert-OH is 4. The summed E-state index contributed by atoms with van der Waals surface area (Å²) in [5.41, 5.74) is 1.30. The largest absolute Gasteiger partial charge is 0.479 e. The lowest BCUT2D eigenvalue weighted by Gasteiger charge is -2.38. The van der Waals surface area contributed by atoms with Crippen LogP contribution in [0.3, 0.4) is 0 Å². The summed E-state index contributed by atoms with van der Waals surface area (Å²) in [7, 11) is 0. The van der Waals surface area contributed by atoms with Gasteiger partial charge in [0.15, 0.2) is 6.10 Å². The standard InChI is InChI=1S/C14H18O8/c1-6-4-7(5-15)2-3-8(6)21-14-11(18)9(16)10(17)12(22-14)13(19)20/h2-4,9-12,14-18H,5H2,1H3,(H,19,20)/t9-,10-,11+,12-,14+/m0/s1. The molecule has 0 saturated carbocycles. The van der Waals surface area contributed by atoms with E-state index in [1.54, 1.807) is 19.1 Å². The van der Waals surface area contributed by atoms with Gasteiger partial charge in [-0.1, -0.05) is 12.1 Å². The van der Waals surface area contributed by atoms with Crippen molar-refractivity contribution in [3.05, 3.63) is 29.3 Å². The number of carbonyl (C=O) groups is 1. The van der Waals surface area contributed by atoms with Crippen LogP contribution in [-0.4, -0.2) is 62.2 Å². The van der Waals surface area contributed by atoms with Gasteiger partial charge in [-0.2, -0.15) is 0 Å². The average Bonchev–Trinajstić information content (AvgIpc) is 2.49. The van der Waals surface area contributed by atoms with Gasteiger partial charge in [-0.15, -0.1) is 0 Å². The average molecular weight is 314 g/mol. The Morgan fingerprint density at radius 1 is 1.23 bits per heavy atom. The Kier molecular flexibility index (Phi) is 4.99. The first-order valence-corrected chi connectivity index (χ1v) is 6.64. The molecule has 0 aliphatic carbocycles. The van der Waals surface area contributed by atoms with Gasteiger partial charge in [-0.25, -0.2) is 4.79 Å². The van der Waals surface area contributed by atoms with Crippen LogP contribution in [0.1, 0.15) is 11.1 Å². The third-order valence-electron chi connectivity index (χ3n) is 3.48. The van der Waals surface area contributed by atoms with Crippen LogP contribution in [-0.2, 0) is 16.1 Å². The first kappa shape index (κ1) is 16.7. The number of aliphatic hydroxyl groups is 4. The van der Waals surface area contributed by atoms with Crippen LogP contribution in [0.2, 0.25) is 0 Å². The van der Waals surface area contributed by atoms with E-state index in [-0.39, 0.29) is 6.61 Å². The lowest BCUT2D eigenvalue weighted by molar-refractivity contribution is -0.271. The molecule has 1 aliphatic heterocycles. The minimum absolute atomic E-state index is 0.143. The molecule has 1 fully saturated rings. The number of carboxylic acids is 1. The maximum atomic E-state index is 11.0. The zero-order valence-corrected chi connectivity index (χ0v) is 11.8. The summed E-state index contributed by atoms with van der Waals surface area (Å²) in [6.07, 6.45) is -8.23. The summed E-state index contributed by atoms with van der Waals surface area (Å²) in [5, 5.41) is 47.2. The van der Waals surface area contributed by atoms with E-state index < -0.39 is 36.7 Å². The van der Waals surface area contributed by atoms with Crippen LogP contribution in [0.5, 0.6) is 5.75 Å². The Morgan fingerprint density at radius 3 is 2.45 bits per heavy atom. The second-order valence-corrected chi connectivity index (χ2v) is 5.11. The van der Waals surface area contributed by atoms with Gasteiger partial charge in [0.05, 0.1) is 6.61 Å². The second kappa shape index (κ2) is 6.59. The van der Waals surface area contributed by atoms with Crippen LogP contribution in [0.25, 0.3) is 0 Å². The highest BCUT2D eigenvalue weighted by atomic mass is 16.7. The molecule has 0 bridgehead atoms. The highest BCUT2D eigenvalue weighted by Crippen LogP contribution is 2.27. The van der Waals surface area contributed by atoms with Crippen molar-refractivity contribution in [3.63, 3.8) is 0 Å². The van der Waals surface area contributed by atoms with Gasteiger partial charge in [-0.3, -0.25) is 0 Å². The van der Waals surface area contributed by atoms with Gasteiger partial charge in [0.25, 0.3) is 0 Å². The third kappa shape index (κ3) is 3.21. The van der Waals surface area contributed by atoms with E-state index in [4.69, 9.17) is 19.7 Å². The quantitative estimate of drug-likeness (QED) is 0.465. The highest BCUT2D eigenvalue weighted by Gasteiger charge is 2.48. The normalized spacial score (nSPS) is 31.8. The molecule has 2 rings (SSSR count). The molecule has 8 heteroatoms. The first-order valence-electron chi connectivity index (χ1n) is 6.64. The number of hydrogen-bond acceptors (Lipinski definition) is 7. The SMILES string of the molecule is Cc1cc(CO)ccc1O[C@@H]1O[C@H](C(=O)O)[C@@H](O)[C@H](O)[C@H]1O. The van der Waals surface area contributed by atoms with E-state index in [0.717, 1.165) is 0 Å². The molecular formula is C14H18O8. The summed E-state index contributed by atoms with van der Waals surface area (Å²) in [4.78, 5) is 11.0. The van der Waals surface area contributed by atoms with Gasteiger partial charge in [0, 0.05) is 0 Å². The molecule has 22 heavy (non-hydrogen) atoms. The van der Waals surface area contributed by atoms with Crippen LogP contribution in [0.15, 0.2) is 18.2 Å². The predicted molar refractivity (Wildman–Crippen MR) is 72.0 cm³/mol. The number of ether oxygens (including phenoxy) is 2. The molecule has 1 aliphatic rings. The summed E-state index contributed by atoms with van der Waals surface area (Å²) in [6.45, 7) is 1.55. The van der Waals surface area contributed by atoms with Crippen molar-refractivity contribution in [2.45, 2.75) is 44.2 Å². The van der Waals surface area contributed by atoms with Crippen LogP contribution < -0.4 is 4.74 Å². The van der Waals surface area contributed by atoms with Crippen molar-refractivity contribution in [2.75, 3.05) is 0 Å². The molecule has 1 aromatic carbocycles. The lowest BCUT2D eigenvalue weighted by atomic mass is 9.99. The Morgan fingerprint density at radius 2 is 1.91 bits per heavy atom. The van der Waals surface area contributed by atoms with Gasteiger partial charge < -0.3 is 35.0 Å². The lowest BCUT2D eigenvalue weighted by Crippen LogP contribution is -2.61. The Balaban J connectivity index is 2.19. The van der Waals surface area contributed by atoms with Crippen molar-refractivity contribution in [1.82, 2.24) is 0 Å². The topological polar surface area (TPSA) is 137 Å². The molecule has 1 aromatic rings. The number of aryl methyl sites for hydroxylation is 1. The van der Waals surface area contributed by atoms with E-state index in [1.807, 2.05) is 0 Å². The van der Waals surface area contributed by atoms with E-state index >= 15 is 0 Å². The number of aliphatic carboxylic acids is 1. The van der Waals surface area contributed by atoms with Gasteiger partial charge in [0.1, 0.15) is 24.1 Å². The molecule has 0 unspecified atom stereocenters. The zero-order valence-electron chi connectivity index (χ0n) is 11.8. The third-order valence-corrected chi connectivity index (χ3v) is 3.48. The summed E-state index contributed by atoms with van der Waals surface area (Å²) in [6, 6.07) is 4.78. The van der Waals surface area contributed by atoms with Crippen molar-refractivity contribution >= 4 is 5.97 Å². The molecule has 122 valence electrons. The van der Waals surface area contributed by atoms with Crippen LogP contribution >= 0.6 is 0 Å². The van der Waals surface area contributed by atoms with Crippen molar-refractivity contribution in [2.24, 2.45) is 0 Å². The smallest absolute Gasteiger partial charge is 0.335 e. The van der Waals surface area contributed by atoms with Crippen molar-refractivity contribution < 1.29 is 39.8 Å². The second-order valence-electron chi connectivity index (χ2n) is 5.11. The molecule has 0 aromatic heterocycles. The Hall–Kier alpha value is -1.71. The zero-order chi connectivity index (χ0) is 16.4. The summed E-state index contributed by atoms with van der Waals surface area (Å²) >= 11 is 0. The minimum atomic E-state index is -1.76.